The van der Waals surface area contributed by atoms with E-state index in [0.29, 0.717) is 23.4 Å². The number of amides is 3. The molecule has 0 atom stereocenters. The van der Waals surface area contributed by atoms with Gasteiger partial charge in [0.05, 0.1) is 11.1 Å². The van der Waals surface area contributed by atoms with Gasteiger partial charge in [0, 0.05) is 24.7 Å². The summed E-state index contributed by atoms with van der Waals surface area (Å²) in [6.45, 7) is 2.02. The van der Waals surface area contributed by atoms with E-state index in [-0.39, 0.29) is 30.7 Å². The van der Waals surface area contributed by atoms with Gasteiger partial charge in [-0.2, -0.15) is 0 Å². The molecule has 150 valence electrons. The summed E-state index contributed by atoms with van der Waals surface area (Å²) in [5.41, 5.74) is 3.71. The Morgan fingerprint density at radius 3 is 2.43 bits per heavy atom. The fourth-order valence-corrected chi connectivity index (χ4v) is 3.58. The van der Waals surface area contributed by atoms with Gasteiger partial charge < -0.3 is 5.32 Å². The average Bonchev–Trinajstić information content (AvgIpc) is 3.01. The van der Waals surface area contributed by atoms with Gasteiger partial charge >= 0.3 is 0 Å². The number of rotatable bonds is 6. The number of pyridine rings is 1. The summed E-state index contributed by atoms with van der Waals surface area (Å²) in [6, 6.07) is 18.8. The van der Waals surface area contributed by atoms with Gasteiger partial charge in [-0.3, -0.25) is 19.3 Å². The van der Waals surface area contributed by atoms with Crippen molar-refractivity contribution in [3.05, 3.63) is 83.6 Å². The third-order valence-corrected chi connectivity index (χ3v) is 5.13. The molecule has 2 heterocycles. The maximum atomic E-state index is 12.5. The van der Waals surface area contributed by atoms with Crippen LogP contribution in [0.5, 0.6) is 0 Å². The van der Waals surface area contributed by atoms with E-state index in [4.69, 9.17) is 0 Å². The maximum Gasteiger partial charge on any atom is 0.261 e. The van der Waals surface area contributed by atoms with E-state index < -0.39 is 0 Å². The van der Waals surface area contributed by atoms with Crippen LogP contribution in [0.25, 0.3) is 11.1 Å². The van der Waals surface area contributed by atoms with Gasteiger partial charge in [0.15, 0.2) is 0 Å². The molecule has 0 bridgehead atoms. The number of fused-ring (bicyclic) bond motifs is 1. The first kappa shape index (κ1) is 19.5. The highest BCUT2D eigenvalue weighted by atomic mass is 16.2. The van der Waals surface area contributed by atoms with Crippen LogP contribution in [0.2, 0.25) is 0 Å². The van der Waals surface area contributed by atoms with Crippen LogP contribution in [0, 0.1) is 6.92 Å². The Bertz CT molecular complexity index is 1110. The van der Waals surface area contributed by atoms with Crippen LogP contribution in [-0.4, -0.2) is 34.2 Å². The molecule has 0 aliphatic carbocycles. The average molecular weight is 399 g/mol. The number of imide groups is 1. The van der Waals surface area contributed by atoms with Crippen molar-refractivity contribution in [3.63, 3.8) is 0 Å². The number of aryl methyl sites for hydroxylation is 1. The summed E-state index contributed by atoms with van der Waals surface area (Å²) in [7, 11) is 0. The van der Waals surface area contributed by atoms with Gasteiger partial charge in [0.2, 0.25) is 5.91 Å². The zero-order valence-corrected chi connectivity index (χ0v) is 16.6. The van der Waals surface area contributed by atoms with Crippen molar-refractivity contribution in [3.8, 4) is 11.1 Å². The number of hydrogen-bond donors (Lipinski definition) is 1. The predicted molar refractivity (Wildman–Crippen MR) is 114 cm³/mol. The second-order valence-corrected chi connectivity index (χ2v) is 7.21. The van der Waals surface area contributed by atoms with Crippen LogP contribution >= 0.6 is 0 Å². The first-order chi connectivity index (χ1) is 14.5. The first-order valence-corrected chi connectivity index (χ1v) is 9.82. The predicted octanol–water partition coefficient (Wildman–Crippen LogP) is 4.07. The molecule has 6 heteroatoms. The number of hydrogen-bond acceptors (Lipinski definition) is 4. The zero-order valence-electron chi connectivity index (χ0n) is 16.6. The van der Waals surface area contributed by atoms with Crippen LogP contribution in [0.4, 0.5) is 5.82 Å². The van der Waals surface area contributed by atoms with Crippen molar-refractivity contribution >= 4 is 23.5 Å². The molecule has 4 rings (SSSR count). The molecule has 3 aromatic rings. The maximum absolute atomic E-state index is 12.5. The SMILES string of the molecule is Cc1cccc2c1C(=O)N(CCCC(=O)Nc1ccc(-c3ccccc3)cn1)C2=O. The third kappa shape index (κ3) is 3.85. The van der Waals surface area contributed by atoms with Gasteiger partial charge in [-0.1, -0.05) is 42.5 Å². The van der Waals surface area contributed by atoms with Crippen molar-refractivity contribution in [1.29, 1.82) is 0 Å². The second-order valence-electron chi connectivity index (χ2n) is 7.21. The summed E-state index contributed by atoms with van der Waals surface area (Å²) < 4.78 is 0. The quantitative estimate of drug-likeness (QED) is 0.634. The Balaban J connectivity index is 1.30. The van der Waals surface area contributed by atoms with Crippen LogP contribution in [0.15, 0.2) is 66.9 Å². The minimum absolute atomic E-state index is 0.189. The van der Waals surface area contributed by atoms with Gasteiger partial charge in [-0.15, -0.1) is 0 Å². The highest BCUT2D eigenvalue weighted by molar-refractivity contribution is 6.22. The summed E-state index contributed by atoms with van der Waals surface area (Å²) in [4.78, 5) is 42.8. The summed E-state index contributed by atoms with van der Waals surface area (Å²) >= 11 is 0. The molecule has 0 fully saturated rings. The fraction of sp³-hybridized carbons (Fsp3) is 0.167. The molecule has 0 saturated heterocycles. The van der Waals surface area contributed by atoms with Crippen molar-refractivity contribution < 1.29 is 14.4 Å². The van der Waals surface area contributed by atoms with Crippen LogP contribution in [0.1, 0.15) is 39.1 Å². The lowest BCUT2D eigenvalue weighted by Crippen LogP contribution is -2.31. The second kappa shape index (κ2) is 8.29. The minimum atomic E-state index is -0.294. The molecule has 2 aromatic carbocycles. The lowest BCUT2D eigenvalue weighted by molar-refractivity contribution is -0.116. The Morgan fingerprint density at radius 2 is 1.73 bits per heavy atom. The summed E-state index contributed by atoms with van der Waals surface area (Å²) in [5, 5.41) is 2.76. The lowest BCUT2D eigenvalue weighted by atomic mass is 10.0. The smallest absolute Gasteiger partial charge is 0.261 e. The number of carbonyl (C=O) groups is 3. The van der Waals surface area contributed by atoms with E-state index in [0.717, 1.165) is 16.7 Å². The molecule has 0 spiro atoms. The van der Waals surface area contributed by atoms with Crippen LogP contribution in [0.3, 0.4) is 0 Å². The highest BCUT2D eigenvalue weighted by Gasteiger charge is 2.35. The van der Waals surface area contributed by atoms with E-state index in [1.54, 1.807) is 24.4 Å². The normalized spacial score (nSPS) is 12.8. The molecule has 1 N–H and O–H groups in total. The van der Waals surface area contributed by atoms with Crippen molar-refractivity contribution in [2.24, 2.45) is 0 Å². The topological polar surface area (TPSA) is 79.4 Å². The Morgan fingerprint density at radius 1 is 0.933 bits per heavy atom. The van der Waals surface area contributed by atoms with Crippen LogP contribution in [-0.2, 0) is 4.79 Å². The molecule has 1 aliphatic heterocycles. The number of carbonyl (C=O) groups excluding carboxylic acids is 3. The fourth-order valence-electron chi connectivity index (χ4n) is 3.58. The third-order valence-electron chi connectivity index (χ3n) is 5.13. The number of aromatic nitrogens is 1. The van der Waals surface area contributed by atoms with E-state index >= 15 is 0 Å². The van der Waals surface area contributed by atoms with E-state index in [9.17, 15) is 14.4 Å². The molecular formula is C24H21N3O3. The standard InChI is InChI=1S/C24H21N3O3/c1-16-7-5-10-19-22(16)24(30)27(23(19)29)14-6-11-21(28)26-20-13-12-18(15-25-20)17-8-3-2-4-9-17/h2-5,7-10,12-13,15H,6,11,14H2,1H3,(H,25,26,28). The van der Waals surface area contributed by atoms with Gasteiger partial charge in [-0.05, 0) is 42.7 Å². The first-order valence-electron chi connectivity index (χ1n) is 9.82. The highest BCUT2D eigenvalue weighted by Crippen LogP contribution is 2.26. The molecule has 6 nitrogen and oxygen atoms in total. The Kier molecular flexibility index (Phi) is 5.39. The van der Waals surface area contributed by atoms with E-state index in [1.165, 1.54) is 4.90 Å². The van der Waals surface area contributed by atoms with Crippen molar-refractivity contribution in [2.75, 3.05) is 11.9 Å². The monoisotopic (exact) mass is 399 g/mol. The van der Waals surface area contributed by atoms with Crippen LogP contribution < -0.4 is 5.32 Å². The van der Waals surface area contributed by atoms with E-state index in [1.807, 2.05) is 49.4 Å². The van der Waals surface area contributed by atoms with Gasteiger partial charge in [0.1, 0.15) is 5.82 Å². The van der Waals surface area contributed by atoms with Crippen molar-refractivity contribution in [2.45, 2.75) is 19.8 Å². The zero-order chi connectivity index (χ0) is 21.1. The Labute approximate surface area is 174 Å². The lowest BCUT2D eigenvalue weighted by Gasteiger charge is -2.13. The molecule has 1 aliphatic rings. The van der Waals surface area contributed by atoms with E-state index in [2.05, 4.69) is 10.3 Å². The largest absolute Gasteiger partial charge is 0.311 e. The molecule has 3 amide bonds. The number of anilines is 1. The minimum Gasteiger partial charge on any atom is -0.311 e. The Hall–Kier alpha value is -3.80. The molecular weight excluding hydrogens is 378 g/mol. The summed E-state index contributed by atoms with van der Waals surface area (Å²) in [6.07, 6.45) is 2.29. The molecule has 30 heavy (non-hydrogen) atoms. The van der Waals surface area contributed by atoms with Gasteiger partial charge in [0.25, 0.3) is 11.8 Å². The molecule has 1 aromatic heterocycles. The molecule has 0 unspecified atom stereocenters. The number of nitrogens with one attached hydrogen (secondary N) is 1. The number of nitrogens with zero attached hydrogens (tertiary/aromatic N) is 2. The van der Waals surface area contributed by atoms with Gasteiger partial charge in [-0.25, -0.2) is 4.98 Å². The summed E-state index contributed by atoms with van der Waals surface area (Å²) in [5.74, 6) is -0.317. The van der Waals surface area contributed by atoms with Crippen molar-refractivity contribution in [1.82, 2.24) is 9.88 Å². The number of benzene rings is 2. The molecule has 0 saturated carbocycles. The molecule has 0 radical (unpaired) electrons.